The Bertz CT molecular complexity index is 744. The molecule has 5 heteroatoms. The van der Waals surface area contributed by atoms with Gasteiger partial charge in [0, 0.05) is 13.0 Å². The van der Waals surface area contributed by atoms with Gasteiger partial charge in [0.2, 0.25) is 0 Å². The highest BCUT2D eigenvalue weighted by Crippen LogP contribution is 2.38. The Labute approximate surface area is 135 Å². The predicted molar refractivity (Wildman–Crippen MR) is 85.4 cm³/mol. The molecule has 1 atom stereocenters. The molecule has 0 bridgehead atoms. The molecule has 118 valence electrons. The third kappa shape index (κ3) is 2.56. The fourth-order valence-electron chi connectivity index (χ4n) is 3.44. The molecule has 23 heavy (non-hydrogen) atoms. The summed E-state index contributed by atoms with van der Waals surface area (Å²) in [6.45, 7) is 3.19. The van der Waals surface area contributed by atoms with E-state index in [2.05, 4.69) is 16.3 Å². The molecular formula is C18H19N3O2. The van der Waals surface area contributed by atoms with Crippen LogP contribution in [0.2, 0.25) is 0 Å². The normalized spacial score (nSPS) is 22.7. The molecule has 1 spiro atoms. The zero-order valence-corrected chi connectivity index (χ0v) is 13.2. The van der Waals surface area contributed by atoms with Crippen LogP contribution in [0.4, 0.5) is 0 Å². The quantitative estimate of drug-likeness (QED) is 0.811. The number of aromatic nitrogens is 2. The van der Waals surface area contributed by atoms with Crippen molar-refractivity contribution in [2.75, 3.05) is 13.1 Å². The lowest BCUT2D eigenvalue weighted by Crippen LogP contribution is -2.43. The summed E-state index contributed by atoms with van der Waals surface area (Å²) in [4.78, 5) is 14.4. The molecular weight excluding hydrogens is 290 g/mol. The lowest BCUT2D eigenvalue weighted by molar-refractivity contribution is 0.0482. The molecule has 0 radical (unpaired) electrons. The number of hydrogen-bond donors (Lipinski definition) is 0. The fraction of sp³-hybridized carbons (Fsp3) is 0.389. The highest BCUT2D eigenvalue weighted by Gasteiger charge is 2.44. The van der Waals surface area contributed by atoms with Gasteiger partial charge in [0.25, 0.3) is 5.91 Å². The Morgan fingerprint density at radius 1 is 1.17 bits per heavy atom. The maximum Gasteiger partial charge on any atom is 0.274 e. The van der Waals surface area contributed by atoms with Crippen LogP contribution in [0.3, 0.4) is 0 Å². The van der Waals surface area contributed by atoms with Crippen molar-refractivity contribution >= 4 is 5.91 Å². The molecule has 0 aliphatic carbocycles. The Morgan fingerprint density at radius 2 is 2.04 bits per heavy atom. The number of amides is 1. The number of nitrogens with zero attached hydrogens (tertiary/aromatic N) is 3. The Kier molecular flexibility index (Phi) is 3.29. The van der Waals surface area contributed by atoms with Gasteiger partial charge in [0.15, 0.2) is 5.69 Å². The lowest BCUT2D eigenvalue weighted by Gasteiger charge is -2.35. The summed E-state index contributed by atoms with van der Waals surface area (Å²) in [6, 6.07) is 11.7. The smallest absolute Gasteiger partial charge is 0.274 e. The van der Waals surface area contributed by atoms with E-state index in [-0.39, 0.29) is 11.5 Å². The van der Waals surface area contributed by atoms with Gasteiger partial charge in [-0.05, 0) is 43.5 Å². The lowest BCUT2D eigenvalue weighted by atomic mass is 9.90. The minimum atomic E-state index is -0.248. The molecule has 1 amide bonds. The van der Waals surface area contributed by atoms with Crippen LogP contribution in [0.15, 0.2) is 36.4 Å². The number of ether oxygens (including phenoxy) is 1. The van der Waals surface area contributed by atoms with Crippen LogP contribution in [0.5, 0.6) is 5.75 Å². The van der Waals surface area contributed by atoms with E-state index in [4.69, 9.17) is 4.74 Å². The zero-order valence-electron chi connectivity index (χ0n) is 13.2. The summed E-state index contributed by atoms with van der Waals surface area (Å²) in [5, 5.41) is 7.99. The average Bonchev–Trinajstić information content (AvgIpc) is 2.98. The van der Waals surface area contributed by atoms with Crippen LogP contribution in [0.1, 0.15) is 34.6 Å². The minimum absolute atomic E-state index is 0.0585. The van der Waals surface area contributed by atoms with Crippen molar-refractivity contribution in [2.24, 2.45) is 0 Å². The van der Waals surface area contributed by atoms with E-state index >= 15 is 0 Å². The summed E-state index contributed by atoms with van der Waals surface area (Å²) >= 11 is 0. The highest BCUT2D eigenvalue weighted by molar-refractivity contribution is 5.92. The van der Waals surface area contributed by atoms with Crippen molar-refractivity contribution in [1.82, 2.24) is 15.1 Å². The first kappa shape index (κ1) is 14.2. The molecule has 1 fully saturated rings. The van der Waals surface area contributed by atoms with Gasteiger partial charge >= 0.3 is 0 Å². The molecule has 2 aliphatic rings. The molecule has 1 aromatic carbocycles. The first-order chi connectivity index (χ1) is 11.2. The summed E-state index contributed by atoms with van der Waals surface area (Å²) < 4.78 is 6.29. The second-order valence-electron chi connectivity index (χ2n) is 6.43. The van der Waals surface area contributed by atoms with E-state index in [1.54, 1.807) is 6.07 Å². The van der Waals surface area contributed by atoms with Gasteiger partial charge in [-0.15, -0.1) is 5.10 Å². The third-order valence-corrected chi connectivity index (χ3v) is 4.77. The number of para-hydroxylation sites is 1. The number of benzene rings is 1. The van der Waals surface area contributed by atoms with Crippen LogP contribution in [-0.2, 0) is 6.42 Å². The number of carbonyl (C=O) groups is 1. The van der Waals surface area contributed by atoms with Gasteiger partial charge in [-0.25, -0.2) is 0 Å². The maximum absolute atomic E-state index is 12.6. The van der Waals surface area contributed by atoms with Crippen LogP contribution in [0, 0.1) is 6.92 Å². The summed E-state index contributed by atoms with van der Waals surface area (Å²) in [7, 11) is 0. The minimum Gasteiger partial charge on any atom is -0.485 e. The fourth-order valence-corrected chi connectivity index (χ4v) is 3.44. The van der Waals surface area contributed by atoms with Crippen LogP contribution >= 0.6 is 0 Å². The number of aryl methyl sites for hydroxylation is 2. The second-order valence-corrected chi connectivity index (χ2v) is 6.43. The van der Waals surface area contributed by atoms with Gasteiger partial charge in [-0.3, -0.25) is 4.79 Å². The van der Waals surface area contributed by atoms with E-state index in [1.165, 1.54) is 5.56 Å². The van der Waals surface area contributed by atoms with E-state index < -0.39 is 0 Å². The monoisotopic (exact) mass is 309 g/mol. The van der Waals surface area contributed by atoms with E-state index in [1.807, 2.05) is 36.1 Å². The zero-order chi connectivity index (χ0) is 15.9. The van der Waals surface area contributed by atoms with Crippen molar-refractivity contribution < 1.29 is 9.53 Å². The first-order valence-electron chi connectivity index (χ1n) is 8.02. The molecule has 3 heterocycles. The molecule has 2 aromatic rings. The Morgan fingerprint density at radius 3 is 2.87 bits per heavy atom. The standard InChI is InChI=1S/C18H19N3O2/c1-13-6-7-15(20-19-13)17(22)21-11-10-18(12-21)9-8-14-4-2-3-5-16(14)23-18/h2-7H,8-12H2,1H3. The SMILES string of the molecule is Cc1ccc(C(=O)N2CCC3(CCc4ccccc4O3)C2)nn1. The van der Waals surface area contributed by atoms with Crippen molar-refractivity contribution in [2.45, 2.75) is 31.8 Å². The van der Waals surface area contributed by atoms with Crippen LogP contribution in [0.25, 0.3) is 0 Å². The molecule has 1 saturated heterocycles. The van der Waals surface area contributed by atoms with Crippen molar-refractivity contribution in [3.05, 3.63) is 53.3 Å². The molecule has 1 unspecified atom stereocenters. The topological polar surface area (TPSA) is 55.3 Å². The van der Waals surface area contributed by atoms with Crippen LogP contribution in [-0.4, -0.2) is 39.7 Å². The Balaban J connectivity index is 1.51. The van der Waals surface area contributed by atoms with E-state index in [0.29, 0.717) is 18.8 Å². The number of hydrogen-bond acceptors (Lipinski definition) is 4. The summed E-state index contributed by atoms with van der Waals surface area (Å²) in [5.41, 5.74) is 2.23. The average molecular weight is 309 g/mol. The first-order valence-corrected chi connectivity index (χ1v) is 8.02. The molecule has 2 aliphatic heterocycles. The molecule has 0 N–H and O–H groups in total. The molecule has 5 nitrogen and oxygen atoms in total. The van der Waals surface area contributed by atoms with Crippen molar-refractivity contribution in [3.8, 4) is 5.75 Å². The van der Waals surface area contributed by atoms with E-state index in [0.717, 1.165) is 30.7 Å². The van der Waals surface area contributed by atoms with Crippen LogP contribution < -0.4 is 4.74 Å². The molecule has 4 rings (SSSR count). The Hall–Kier alpha value is -2.43. The number of fused-ring (bicyclic) bond motifs is 1. The van der Waals surface area contributed by atoms with Gasteiger partial charge in [0.05, 0.1) is 12.2 Å². The summed E-state index contributed by atoms with van der Waals surface area (Å²) in [5.74, 6) is 0.903. The van der Waals surface area contributed by atoms with Gasteiger partial charge in [0.1, 0.15) is 11.4 Å². The summed E-state index contributed by atoms with van der Waals surface area (Å²) in [6.07, 6.45) is 2.82. The van der Waals surface area contributed by atoms with Crippen molar-refractivity contribution in [3.63, 3.8) is 0 Å². The van der Waals surface area contributed by atoms with Crippen molar-refractivity contribution in [1.29, 1.82) is 0 Å². The number of rotatable bonds is 1. The molecule has 1 aromatic heterocycles. The predicted octanol–water partition coefficient (Wildman–Crippen LogP) is 2.39. The third-order valence-electron chi connectivity index (χ3n) is 4.77. The van der Waals surface area contributed by atoms with Gasteiger partial charge in [-0.2, -0.15) is 5.10 Å². The number of likely N-dealkylation sites (tertiary alicyclic amines) is 1. The largest absolute Gasteiger partial charge is 0.485 e. The van der Waals surface area contributed by atoms with E-state index in [9.17, 15) is 4.79 Å². The maximum atomic E-state index is 12.6. The second kappa shape index (κ2) is 5.33. The van der Waals surface area contributed by atoms with Gasteiger partial charge in [-0.1, -0.05) is 18.2 Å². The highest BCUT2D eigenvalue weighted by atomic mass is 16.5. The molecule has 0 saturated carbocycles. The number of carbonyl (C=O) groups excluding carboxylic acids is 1. The van der Waals surface area contributed by atoms with Gasteiger partial charge < -0.3 is 9.64 Å².